The van der Waals surface area contributed by atoms with Gasteiger partial charge in [-0.3, -0.25) is 9.59 Å². The van der Waals surface area contributed by atoms with E-state index in [4.69, 9.17) is 4.74 Å². The third kappa shape index (κ3) is 8.89. The van der Waals surface area contributed by atoms with Crippen LogP contribution in [0.15, 0.2) is 41.4 Å². The lowest BCUT2D eigenvalue weighted by atomic mass is 10.1. The number of carbonyl (C=O) groups excluding carboxylic acids is 2. The molecule has 1 saturated carbocycles. The van der Waals surface area contributed by atoms with Crippen molar-refractivity contribution >= 4 is 33.7 Å². The van der Waals surface area contributed by atoms with Crippen LogP contribution < -0.4 is 20.7 Å². The number of amides is 3. The molecule has 0 unspecified atom stereocenters. The number of pyridine rings is 1. The number of carboxylic acids is 1. The molecule has 3 amide bonds. The first-order valence-corrected chi connectivity index (χ1v) is 16.3. The highest BCUT2D eigenvalue weighted by Crippen LogP contribution is 2.24. The van der Waals surface area contributed by atoms with Crippen LogP contribution in [0.25, 0.3) is 0 Å². The molecular formula is C30H42N6O7S. The first kappa shape index (κ1) is 33.1. The average molecular weight is 631 g/mol. The van der Waals surface area contributed by atoms with Crippen molar-refractivity contribution < 1.29 is 32.6 Å². The lowest BCUT2D eigenvalue weighted by molar-refractivity contribution is -0.139. The Hall–Kier alpha value is -3.75. The zero-order chi connectivity index (χ0) is 31.9. The van der Waals surface area contributed by atoms with Crippen molar-refractivity contribution in [3.63, 3.8) is 0 Å². The molecule has 1 aliphatic heterocycles. The van der Waals surface area contributed by atoms with Crippen molar-refractivity contribution in [3.8, 4) is 0 Å². The molecule has 2 aliphatic rings. The van der Waals surface area contributed by atoms with Crippen LogP contribution in [0.3, 0.4) is 0 Å². The summed E-state index contributed by atoms with van der Waals surface area (Å²) in [5.74, 6) is -1.35. The summed E-state index contributed by atoms with van der Waals surface area (Å²) in [5.41, 5.74) is 1.87. The Bertz CT molecular complexity index is 1410. The van der Waals surface area contributed by atoms with Crippen LogP contribution in [0.1, 0.15) is 48.8 Å². The highest BCUT2D eigenvalue weighted by molar-refractivity contribution is 7.89. The summed E-state index contributed by atoms with van der Waals surface area (Å²) in [7, 11) is -4.18. The van der Waals surface area contributed by atoms with Crippen molar-refractivity contribution in [2.75, 3.05) is 31.6 Å². The minimum atomic E-state index is -4.18. The molecule has 240 valence electrons. The second kappa shape index (κ2) is 14.8. The van der Waals surface area contributed by atoms with Gasteiger partial charge in [0, 0.05) is 31.9 Å². The molecule has 2 heterocycles. The minimum Gasteiger partial charge on any atom is -0.480 e. The Morgan fingerprint density at radius 3 is 2.45 bits per heavy atom. The van der Waals surface area contributed by atoms with Crippen molar-refractivity contribution in [1.82, 2.24) is 25.2 Å². The number of benzene rings is 1. The van der Waals surface area contributed by atoms with Crippen LogP contribution in [0, 0.1) is 20.8 Å². The van der Waals surface area contributed by atoms with Crippen LogP contribution in [-0.4, -0.2) is 91.8 Å². The van der Waals surface area contributed by atoms with Crippen LogP contribution in [0.2, 0.25) is 0 Å². The average Bonchev–Trinajstić information content (AvgIpc) is 3.62. The highest BCUT2D eigenvalue weighted by Gasteiger charge is 2.37. The summed E-state index contributed by atoms with van der Waals surface area (Å²) in [4.78, 5) is 43.7. The predicted molar refractivity (Wildman–Crippen MR) is 164 cm³/mol. The van der Waals surface area contributed by atoms with Gasteiger partial charge in [-0.25, -0.2) is 18.2 Å². The van der Waals surface area contributed by atoms with Gasteiger partial charge >= 0.3 is 12.0 Å². The van der Waals surface area contributed by atoms with Crippen molar-refractivity contribution in [1.29, 1.82) is 0 Å². The van der Waals surface area contributed by atoms with Crippen molar-refractivity contribution in [3.05, 3.63) is 53.2 Å². The molecule has 13 nitrogen and oxygen atoms in total. The lowest BCUT2D eigenvalue weighted by Gasteiger charge is -2.26. The third-order valence-corrected chi connectivity index (χ3v) is 9.70. The molecule has 0 bridgehead atoms. The molecule has 1 saturated heterocycles. The van der Waals surface area contributed by atoms with Crippen LogP contribution >= 0.6 is 0 Å². The monoisotopic (exact) mass is 630 g/mol. The number of aryl methyl sites for hydroxylation is 3. The van der Waals surface area contributed by atoms with Gasteiger partial charge in [0.1, 0.15) is 18.5 Å². The topological polar surface area (TPSA) is 179 Å². The number of likely N-dealkylation sites (tertiary alicyclic amines) is 1. The molecular weight excluding hydrogens is 588 g/mol. The van der Waals surface area contributed by atoms with Gasteiger partial charge in [-0.15, -0.1) is 0 Å². The summed E-state index contributed by atoms with van der Waals surface area (Å²) in [6, 6.07) is 7.12. The number of urea groups is 1. The quantitative estimate of drug-likeness (QED) is 0.222. The van der Waals surface area contributed by atoms with Crippen molar-refractivity contribution in [2.45, 2.75) is 82.0 Å². The molecule has 44 heavy (non-hydrogen) atoms. The Morgan fingerprint density at radius 1 is 1.11 bits per heavy atom. The number of carbonyl (C=O) groups is 3. The van der Waals surface area contributed by atoms with E-state index < -0.39 is 40.6 Å². The second-order valence-corrected chi connectivity index (χ2v) is 13.2. The summed E-state index contributed by atoms with van der Waals surface area (Å²) in [6.07, 6.45) is 5.82. The number of nitrogens with zero attached hydrogens (tertiary/aromatic N) is 2. The predicted octanol–water partition coefficient (Wildman–Crippen LogP) is 2.08. The van der Waals surface area contributed by atoms with E-state index in [9.17, 15) is 27.9 Å². The molecule has 3 atom stereocenters. The minimum absolute atomic E-state index is 0.0128. The maximum atomic E-state index is 13.1. The first-order valence-electron chi connectivity index (χ1n) is 14.9. The van der Waals surface area contributed by atoms with Gasteiger partial charge < -0.3 is 30.7 Å². The van der Waals surface area contributed by atoms with Gasteiger partial charge in [0.05, 0.1) is 17.0 Å². The number of nitrogens with one attached hydrogen (secondary N) is 4. The molecule has 2 fully saturated rings. The van der Waals surface area contributed by atoms with Gasteiger partial charge in [0.25, 0.3) is 0 Å². The van der Waals surface area contributed by atoms with Gasteiger partial charge in [0.2, 0.25) is 15.9 Å². The largest absolute Gasteiger partial charge is 0.480 e. The zero-order valence-corrected chi connectivity index (χ0v) is 26.2. The Labute approximate surface area is 258 Å². The molecule has 0 spiro atoms. The van der Waals surface area contributed by atoms with Gasteiger partial charge in [-0.1, -0.05) is 36.6 Å². The fourth-order valence-corrected chi connectivity index (χ4v) is 7.57. The number of sulfonamides is 1. The van der Waals surface area contributed by atoms with E-state index in [1.165, 1.54) is 0 Å². The molecule has 5 N–H and O–H groups in total. The van der Waals surface area contributed by atoms with E-state index in [1.807, 2.05) is 25.1 Å². The van der Waals surface area contributed by atoms with E-state index in [1.54, 1.807) is 37.1 Å². The SMILES string of the molecule is Cc1cc(C)c(S(=O)(=O)N[C@@H](CNC(=O)CO[C@@H]2C[C@@H](CNc3ccccn3)N(C(=O)NC3CCCC3)C2)C(=O)O)c(C)c1. The zero-order valence-electron chi connectivity index (χ0n) is 25.3. The summed E-state index contributed by atoms with van der Waals surface area (Å²) in [5, 5.41) is 18.5. The number of hydrogen-bond acceptors (Lipinski definition) is 8. The van der Waals surface area contributed by atoms with Crippen LogP contribution in [0.5, 0.6) is 0 Å². The number of rotatable bonds is 13. The molecule has 2 aromatic rings. The lowest BCUT2D eigenvalue weighted by Crippen LogP contribution is -2.49. The normalized spacial score (nSPS) is 19.5. The van der Waals surface area contributed by atoms with E-state index in [2.05, 4.69) is 25.7 Å². The van der Waals surface area contributed by atoms with Gasteiger partial charge in [0.15, 0.2) is 0 Å². The van der Waals surface area contributed by atoms with E-state index in [-0.39, 0.29) is 36.2 Å². The summed E-state index contributed by atoms with van der Waals surface area (Å²) in [6.45, 7) is 5.01. The van der Waals surface area contributed by atoms with Crippen molar-refractivity contribution in [2.24, 2.45) is 0 Å². The fourth-order valence-electron chi connectivity index (χ4n) is 5.93. The summed E-state index contributed by atoms with van der Waals surface area (Å²) < 4.78 is 34.1. The number of aromatic nitrogens is 1. The number of anilines is 1. The van der Waals surface area contributed by atoms with Gasteiger partial charge in [-0.2, -0.15) is 4.72 Å². The molecule has 1 aromatic heterocycles. The van der Waals surface area contributed by atoms with E-state index in [0.29, 0.717) is 29.9 Å². The summed E-state index contributed by atoms with van der Waals surface area (Å²) >= 11 is 0. The molecule has 1 aliphatic carbocycles. The number of hydrogen-bond donors (Lipinski definition) is 5. The molecule has 0 radical (unpaired) electrons. The Balaban J connectivity index is 1.31. The molecule has 4 rings (SSSR count). The molecule has 14 heteroatoms. The Morgan fingerprint density at radius 2 is 1.82 bits per heavy atom. The third-order valence-electron chi connectivity index (χ3n) is 7.93. The number of carboxylic acid groups (broad SMARTS) is 1. The molecule has 1 aromatic carbocycles. The smallest absolute Gasteiger partial charge is 0.323 e. The van der Waals surface area contributed by atoms with Crippen LogP contribution in [-0.2, 0) is 24.3 Å². The maximum absolute atomic E-state index is 13.1. The number of aliphatic carboxylic acids is 1. The van der Waals surface area contributed by atoms with Gasteiger partial charge in [-0.05, 0) is 63.3 Å². The maximum Gasteiger partial charge on any atom is 0.323 e. The Kier molecular flexibility index (Phi) is 11.2. The van der Waals surface area contributed by atoms with E-state index >= 15 is 0 Å². The standard InChI is InChI=1S/C30H42N6O7S/c1-19-12-20(2)28(21(3)13-19)44(41,42)35-25(29(38)39)16-33-27(37)18-43-24-14-23(15-32-26-10-6-7-11-31-26)36(17-24)30(40)34-22-8-4-5-9-22/h6-7,10-13,22-25,35H,4-5,8-9,14-18H2,1-3H3,(H,31,32)(H,33,37)(H,34,40)(H,38,39)/t23-,24+,25-/m0/s1. The number of ether oxygens (including phenoxy) is 1. The highest BCUT2D eigenvalue weighted by atomic mass is 32.2. The van der Waals surface area contributed by atoms with Crippen LogP contribution in [0.4, 0.5) is 10.6 Å². The fraction of sp³-hybridized carbons (Fsp3) is 0.533. The second-order valence-electron chi connectivity index (χ2n) is 11.5. The first-order chi connectivity index (χ1) is 20.9. The van der Waals surface area contributed by atoms with E-state index in [0.717, 1.165) is 31.2 Å².